The van der Waals surface area contributed by atoms with Crippen molar-refractivity contribution >= 4 is 20.1 Å². The Balaban J connectivity index is 4.43. The number of terminal acetylenes is 1. The first-order chi connectivity index (χ1) is 10.0. The highest BCUT2D eigenvalue weighted by atomic mass is 28.3. The summed E-state index contributed by atoms with van der Waals surface area (Å²) < 4.78 is 10.2. The van der Waals surface area contributed by atoms with Crippen LogP contribution in [0.15, 0.2) is 0 Å². The lowest BCUT2D eigenvalue weighted by Gasteiger charge is -2.27. The molecule has 0 aliphatic rings. The van der Waals surface area contributed by atoms with E-state index in [1.807, 2.05) is 6.55 Å². The van der Waals surface area contributed by atoms with Crippen molar-refractivity contribution in [1.82, 2.24) is 5.32 Å². The molecule has 0 spiro atoms. The SMILES string of the molecule is C#CC(CC[Si](C)(CO)CNC(=O)OC(C)(C)C)OC(C)=O. The zero-order chi connectivity index (χ0) is 17.4. The van der Waals surface area contributed by atoms with Crippen LogP contribution in [0.1, 0.15) is 34.1 Å². The number of alkyl carbamates (subject to hydrolysis) is 1. The van der Waals surface area contributed by atoms with Crippen LogP contribution in [0.3, 0.4) is 0 Å². The Labute approximate surface area is 133 Å². The number of carbonyl (C=O) groups excluding carboxylic acids is 2. The number of hydrogen-bond donors (Lipinski definition) is 2. The van der Waals surface area contributed by atoms with E-state index in [0.29, 0.717) is 18.6 Å². The van der Waals surface area contributed by atoms with Crippen LogP contribution >= 0.6 is 0 Å². The standard InChI is InChI=1S/C15H27NO5Si/c1-7-13(20-12(2)18)8-9-22(6,11-17)10-16-14(19)21-15(3,4)5/h1,13,17H,8-11H2,2-6H3,(H,16,19). The maximum absolute atomic E-state index is 11.7. The second kappa shape index (κ2) is 8.81. The minimum Gasteiger partial charge on any atom is -0.449 e. The molecule has 22 heavy (non-hydrogen) atoms. The third-order valence-corrected chi connectivity index (χ3v) is 6.23. The molecule has 0 aromatic heterocycles. The van der Waals surface area contributed by atoms with Crippen LogP contribution in [0, 0.1) is 12.3 Å². The number of aliphatic hydroxyl groups excluding tert-OH is 1. The Hall–Kier alpha value is -1.52. The van der Waals surface area contributed by atoms with E-state index < -0.39 is 31.8 Å². The molecule has 0 fully saturated rings. The van der Waals surface area contributed by atoms with Gasteiger partial charge in [-0.3, -0.25) is 4.79 Å². The molecule has 2 unspecified atom stereocenters. The molecule has 0 bridgehead atoms. The van der Waals surface area contributed by atoms with E-state index in [-0.39, 0.29) is 6.23 Å². The molecular formula is C15H27NO5Si. The zero-order valence-corrected chi connectivity index (χ0v) is 15.1. The van der Waals surface area contributed by atoms with Gasteiger partial charge < -0.3 is 19.9 Å². The van der Waals surface area contributed by atoms with Gasteiger partial charge in [0.2, 0.25) is 0 Å². The van der Waals surface area contributed by atoms with Crippen molar-refractivity contribution in [1.29, 1.82) is 0 Å². The molecule has 2 N–H and O–H groups in total. The van der Waals surface area contributed by atoms with E-state index in [1.165, 1.54) is 6.92 Å². The molecule has 0 aliphatic heterocycles. The van der Waals surface area contributed by atoms with Crippen LogP contribution < -0.4 is 5.32 Å². The van der Waals surface area contributed by atoms with Gasteiger partial charge in [0.25, 0.3) is 0 Å². The Morgan fingerprint density at radius 1 is 1.41 bits per heavy atom. The molecule has 0 aromatic rings. The summed E-state index contributed by atoms with van der Waals surface area (Å²) >= 11 is 0. The first-order valence-corrected chi connectivity index (χ1v) is 10.3. The number of nitrogens with one attached hydrogen (secondary N) is 1. The van der Waals surface area contributed by atoms with E-state index in [2.05, 4.69) is 11.2 Å². The Morgan fingerprint density at radius 3 is 2.41 bits per heavy atom. The highest BCUT2D eigenvalue weighted by Gasteiger charge is 2.29. The van der Waals surface area contributed by atoms with Crippen molar-refractivity contribution in [2.45, 2.75) is 58.4 Å². The minimum absolute atomic E-state index is 0.000159. The maximum Gasteiger partial charge on any atom is 0.407 e. The molecule has 0 aromatic carbocycles. The van der Waals surface area contributed by atoms with E-state index >= 15 is 0 Å². The van der Waals surface area contributed by atoms with Crippen LogP contribution in [0.25, 0.3) is 0 Å². The number of hydrogen-bond acceptors (Lipinski definition) is 5. The van der Waals surface area contributed by atoms with Crippen LogP contribution in [0.4, 0.5) is 4.79 Å². The number of ether oxygens (including phenoxy) is 2. The van der Waals surface area contributed by atoms with Gasteiger partial charge in [-0.2, -0.15) is 0 Å². The minimum atomic E-state index is -2.13. The van der Waals surface area contributed by atoms with Gasteiger partial charge >= 0.3 is 12.1 Å². The van der Waals surface area contributed by atoms with Gasteiger partial charge in [0, 0.05) is 19.3 Å². The molecule has 0 heterocycles. The third-order valence-electron chi connectivity index (χ3n) is 2.94. The number of esters is 1. The number of carbonyl (C=O) groups is 2. The summed E-state index contributed by atoms with van der Waals surface area (Å²) in [5.41, 5.74) is -0.564. The summed E-state index contributed by atoms with van der Waals surface area (Å²) in [5, 5.41) is 12.3. The lowest BCUT2D eigenvalue weighted by atomic mass is 10.2. The van der Waals surface area contributed by atoms with Crippen molar-refractivity contribution in [3.05, 3.63) is 0 Å². The van der Waals surface area contributed by atoms with Gasteiger partial charge in [-0.15, -0.1) is 6.42 Å². The summed E-state index contributed by atoms with van der Waals surface area (Å²) in [7, 11) is -2.13. The van der Waals surface area contributed by atoms with E-state index in [9.17, 15) is 14.7 Å². The average molecular weight is 329 g/mol. The Bertz CT molecular complexity index is 427. The van der Waals surface area contributed by atoms with Gasteiger partial charge in [0.15, 0.2) is 6.10 Å². The van der Waals surface area contributed by atoms with Crippen LogP contribution in [-0.4, -0.2) is 49.3 Å². The van der Waals surface area contributed by atoms with Crippen molar-refractivity contribution < 1.29 is 24.2 Å². The summed E-state index contributed by atoms with van der Waals surface area (Å²) in [5.74, 6) is 1.98. The summed E-state index contributed by atoms with van der Waals surface area (Å²) in [6, 6.07) is 0.626. The lowest BCUT2D eigenvalue weighted by Crippen LogP contribution is -2.49. The molecule has 0 aliphatic carbocycles. The second-order valence-corrected chi connectivity index (χ2v) is 11.4. The van der Waals surface area contributed by atoms with Crippen molar-refractivity contribution in [3.63, 3.8) is 0 Å². The molecular weight excluding hydrogens is 302 g/mol. The summed E-state index contributed by atoms with van der Waals surface area (Å²) in [6.45, 7) is 8.60. The van der Waals surface area contributed by atoms with Gasteiger partial charge in [-0.25, -0.2) is 4.79 Å². The second-order valence-electron chi connectivity index (χ2n) is 6.63. The monoisotopic (exact) mass is 329 g/mol. The van der Waals surface area contributed by atoms with Crippen molar-refractivity contribution in [2.24, 2.45) is 0 Å². The largest absolute Gasteiger partial charge is 0.449 e. The number of amides is 1. The van der Waals surface area contributed by atoms with Gasteiger partial charge in [0.05, 0.1) is 0 Å². The zero-order valence-electron chi connectivity index (χ0n) is 14.1. The predicted octanol–water partition coefficient (Wildman–Crippen LogP) is 1.62. The van der Waals surface area contributed by atoms with Crippen molar-refractivity contribution in [2.75, 3.05) is 12.4 Å². The Morgan fingerprint density at radius 2 is 2.00 bits per heavy atom. The summed E-state index contributed by atoms with van der Waals surface area (Å²) in [6.07, 6.45) is 5.05. The van der Waals surface area contributed by atoms with E-state index in [1.54, 1.807) is 20.8 Å². The molecule has 7 heteroatoms. The van der Waals surface area contributed by atoms with Gasteiger partial charge in [-0.05, 0) is 33.2 Å². The molecule has 2 atom stereocenters. The van der Waals surface area contributed by atoms with E-state index in [4.69, 9.17) is 15.9 Å². The molecule has 1 amide bonds. The lowest BCUT2D eigenvalue weighted by molar-refractivity contribution is -0.143. The van der Waals surface area contributed by atoms with Crippen LogP contribution in [-0.2, 0) is 14.3 Å². The average Bonchev–Trinajstić information content (AvgIpc) is 2.39. The quantitative estimate of drug-likeness (QED) is 0.421. The third kappa shape index (κ3) is 9.42. The van der Waals surface area contributed by atoms with Crippen molar-refractivity contribution in [3.8, 4) is 12.3 Å². The normalized spacial score (nSPS) is 15.1. The predicted molar refractivity (Wildman–Crippen MR) is 86.8 cm³/mol. The highest BCUT2D eigenvalue weighted by Crippen LogP contribution is 2.15. The summed E-state index contributed by atoms with van der Waals surface area (Å²) in [4.78, 5) is 22.6. The molecule has 0 saturated carbocycles. The fourth-order valence-electron chi connectivity index (χ4n) is 1.68. The highest BCUT2D eigenvalue weighted by molar-refractivity contribution is 6.78. The molecule has 0 saturated heterocycles. The van der Waals surface area contributed by atoms with Crippen LogP contribution in [0.5, 0.6) is 0 Å². The number of aliphatic hydroxyl groups is 1. The van der Waals surface area contributed by atoms with Gasteiger partial charge in [-0.1, -0.05) is 12.5 Å². The van der Waals surface area contributed by atoms with Gasteiger partial charge in [0.1, 0.15) is 13.7 Å². The number of rotatable bonds is 7. The molecule has 6 nitrogen and oxygen atoms in total. The first-order valence-electron chi connectivity index (χ1n) is 7.22. The topological polar surface area (TPSA) is 84.9 Å². The molecule has 0 radical (unpaired) electrons. The Kier molecular flexibility index (Phi) is 8.20. The molecule has 0 rings (SSSR count). The fraction of sp³-hybridized carbons (Fsp3) is 0.733. The van der Waals surface area contributed by atoms with Crippen LogP contribution in [0.2, 0.25) is 12.6 Å². The molecule has 126 valence electrons. The fourth-order valence-corrected chi connectivity index (χ4v) is 3.66. The smallest absolute Gasteiger partial charge is 0.407 e. The first kappa shape index (κ1) is 20.5. The maximum atomic E-state index is 11.7. The van der Waals surface area contributed by atoms with E-state index in [0.717, 1.165) is 0 Å².